The van der Waals surface area contributed by atoms with E-state index < -0.39 is 0 Å². The number of hydrogen-bond acceptors (Lipinski definition) is 1. The minimum Gasteiger partial charge on any atom is -0.169 e. The molecular weight excluding hydrogens is 200 g/mol. The Kier molecular flexibility index (Phi) is 7.96. The Hall–Kier alpha value is -0.400. The van der Waals surface area contributed by atoms with Crippen LogP contribution in [0, 0.1) is 0 Å². The van der Waals surface area contributed by atoms with E-state index in [4.69, 9.17) is 11.6 Å². The van der Waals surface area contributed by atoms with E-state index in [0.29, 0.717) is 5.88 Å². The maximum Gasteiger partial charge on any atom is 0.0479 e. The molecule has 0 bridgehead atoms. The molecule has 0 amide bonds. The van der Waals surface area contributed by atoms with Gasteiger partial charge in [0, 0.05) is 5.88 Å². The van der Waals surface area contributed by atoms with Crippen molar-refractivity contribution in [3.05, 3.63) is 42.0 Å². The van der Waals surface area contributed by atoms with Crippen LogP contribution >= 0.6 is 23.4 Å². The molecule has 0 N–H and O–H groups in total. The molecule has 1 aromatic carbocycles. The molecule has 2 heteroatoms. The normalized spacial score (nSPS) is 8.54. The highest BCUT2D eigenvalue weighted by Gasteiger charge is 1.93. The Balaban J connectivity index is 0.000000424. The van der Waals surface area contributed by atoms with Crippen LogP contribution in [0.3, 0.4) is 0 Å². The van der Waals surface area contributed by atoms with Gasteiger partial charge in [-0.2, -0.15) is 11.8 Å². The minimum absolute atomic E-state index is 0.558. The lowest BCUT2D eigenvalue weighted by atomic mass is 10.1. The van der Waals surface area contributed by atoms with Crippen molar-refractivity contribution in [2.45, 2.75) is 5.88 Å². The first-order valence-electron chi connectivity index (χ1n) is 3.96. The van der Waals surface area contributed by atoms with Crippen LogP contribution in [0.2, 0.25) is 0 Å². The lowest BCUT2D eigenvalue weighted by molar-refractivity contribution is 1.38. The quantitative estimate of drug-likeness (QED) is 0.670. The third-order valence-corrected chi connectivity index (χ3v) is 1.71. The predicted octanol–water partition coefficient (Wildman–Crippen LogP) is 4.05. The maximum absolute atomic E-state index is 5.66. The summed E-state index contributed by atoms with van der Waals surface area (Å²) in [5, 5.41) is 0. The van der Waals surface area contributed by atoms with Crippen molar-refractivity contribution in [1.82, 2.24) is 0 Å². The van der Waals surface area contributed by atoms with E-state index in [9.17, 15) is 0 Å². The summed E-state index contributed by atoms with van der Waals surface area (Å²) in [5.74, 6) is 0.558. The molecule has 0 aromatic heterocycles. The van der Waals surface area contributed by atoms with E-state index in [1.165, 1.54) is 0 Å². The topological polar surface area (TPSA) is 0 Å². The molecule has 0 aliphatic heterocycles. The molecule has 1 aromatic rings. The molecule has 0 atom stereocenters. The third-order valence-electron chi connectivity index (χ3n) is 1.42. The van der Waals surface area contributed by atoms with Crippen LogP contribution < -0.4 is 0 Å². The average molecular weight is 215 g/mol. The molecule has 13 heavy (non-hydrogen) atoms. The van der Waals surface area contributed by atoms with Crippen LogP contribution in [0.4, 0.5) is 0 Å². The van der Waals surface area contributed by atoms with Crippen LogP contribution in [0.5, 0.6) is 0 Å². The van der Waals surface area contributed by atoms with Crippen molar-refractivity contribution in [2.24, 2.45) is 0 Å². The molecule has 0 saturated carbocycles. The fourth-order valence-corrected chi connectivity index (χ4v) is 1.10. The second-order valence-corrected chi connectivity index (χ2v) is 3.53. The van der Waals surface area contributed by atoms with Gasteiger partial charge in [0.1, 0.15) is 0 Å². The van der Waals surface area contributed by atoms with Gasteiger partial charge in [-0.15, -0.1) is 11.6 Å². The van der Waals surface area contributed by atoms with Crippen molar-refractivity contribution in [3.63, 3.8) is 0 Å². The van der Waals surface area contributed by atoms with Gasteiger partial charge in [0.05, 0.1) is 0 Å². The summed E-state index contributed by atoms with van der Waals surface area (Å²) in [6.45, 7) is 3.68. The highest BCUT2D eigenvalue weighted by atomic mass is 35.5. The first-order chi connectivity index (χ1) is 6.29. The van der Waals surface area contributed by atoms with E-state index in [2.05, 4.69) is 6.58 Å². The molecule has 0 unspecified atom stereocenters. The van der Waals surface area contributed by atoms with Crippen molar-refractivity contribution >= 4 is 29.4 Å². The van der Waals surface area contributed by atoms with E-state index in [-0.39, 0.29) is 0 Å². The maximum atomic E-state index is 5.66. The summed E-state index contributed by atoms with van der Waals surface area (Å²) in [4.78, 5) is 0. The first kappa shape index (κ1) is 12.6. The van der Waals surface area contributed by atoms with Crippen LogP contribution in [0.1, 0.15) is 11.1 Å². The molecule has 0 spiro atoms. The third kappa shape index (κ3) is 5.02. The Labute approximate surface area is 90.0 Å². The summed E-state index contributed by atoms with van der Waals surface area (Å²) in [6.07, 6.45) is 5.90. The molecule has 0 aliphatic carbocycles. The largest absolute Gasteiger partial charge is 0.169 e. The van der Waals surface area contributed by atoms with Crippen LogP contribution in [0.15, 0.2) is 30.8 Å². The second kappa shape index (κ2) is 8.21. The lowest BCUT2D eigenvalue weighted by Gasteiger charge is -1.98. The Morgan fingerprint density at radius 2 is 1.92 bits per heavy atom. The van der Waals surface area contributed by atoms with Gasteiger partial charge in [0.25, 0.3) is 0 Å². The molecule has 0 saturated heterocycles. The average Bonchev–Trinajstić information content (AvgIpc) is 2.19. The minimum atomic E-state index is 0.558. The van der Waals surface area contributed by atoms with E-state index >= 15 is 0 Å². The van der Waals surface area contributed by atoms with E-state index in [1.807, 2.05) is 42.9 Å². The van der Waals surface area contributed by atoms with Crippen LogP contribution in [-0.2, 0) is 5.88 Å². The summed E-state index contributed by atoms with van der Waals surface area (Å²) in [6, 6.07) is 7.96. The lowest BCUT2D eigenvalue weighted by Crippen LogP contribution is -1.81. The zero-order chi connectivity index (χ0) is 10.1. The monoisotopic (exact) mass is 214 g/mol. The van der Waals surface area contributed by atoms with Gasteiger partial charge in [-0.1, -0.05) is 36.9 Å². The van der Waals surface area contributed by atoms with Crippen molar-refractivity contribution in [3.8, 4) is 0 Å². The fraction of sp³-hybridized carbons (Fsp3) is 0.273. The molecule has 0 fully saturated rings. The molecule has 0 heterocycles. The van der Waals surface area contributed by atoms with Gasteiger partial charge in [0.2, 0.25) is 0 Å². The Bertz CT molecular complexity index is 246. The fourth-order valence-electron chi connectivity index (χ4n) is 0.855. The molecule has 0 nitrogen and oxygen atoms in total. The number of benzene rings is 1. The van der Waals surface area contributed by atoms with Gasteiger partial charge in [-0.3, -0.25) is 0 Å². The summed E-state index contributed by atoms with van der Waals surface area (Å²) >= 11 is 7.41. The number of hydrogen-bond donors (Lipinski definition) is 0. The summed E-state index contributed by atoms with van der Waals surface area (Å²) < 4.78 is 0. The van der Waals surface area contributed by atoms with Crippen LogP contribution in [-0.4, -0.2) is 12.5 Å². The highest BCUT2D eigenvalue weighted by Crippen LogP contribution is 2.11. The number of thioether (sulfide) groups is 1. The van der Waals surface area contributed by atoms with E-state index in [1.54, 1.807) is 11.8 Å². The summed E-state index contributed by atoms with van der Waals surface area (Å²) in [5.41, 5.74) is 2.26. The number of halogens is 1. The smallest absolute Gasteiger partial charge is 0.0479 e. The predicted molar refractivity (Wildman–Crippen MR) is 65.5 cm³/mol. The van der Waals surface area contributed by atoms with Crippen molar-refractivity contribution in [2.75, 3.05) is 12.5 Å². The zero-order valence-corrected chi connectivity index (χ0v) is 9.66. The standard InChI is InChI=1S/C9H9Cl.C2H6S/c1-2-8-5-3-4-6-9(8)7-10;1-3-2/h2-6H,1,7H2;1-2H3. The highest BCUT2D eigenvalue weighted by molar-refractivity contribution is 7.97. The molecule has 72 valence electrons. The molecule has 1 rings (SSSR count). The SMILES string of the molecule is C=Cc1ccccc1CCl.CSC. The second-order valence-electron chi connectivity index (χ2n) is 2.44. The molecule has 0 aliphatic rings. The van der Waals surface area contributed by atoms with E-state index in [0.717, 1.165) is 11.1 Å². The van der Waals surface area contributed by atoms with Gasteiger partial charge < -0.3 is 0 Å². The summed E-state index contributed by atoms with van der Waals surface area (Å²) in [7, 11) is 0. The van der Waals surface area contributed by atoms with Crippen molar-refractivity contribution in [1.29, 1.82) is 0 Å². The zero-order valence-electron chi connectivity index (χ0n) is 8.09. The Morgan fingerprint density at radius 1 is 1.38 bits per heavy atom. The first-order valence-corrected chi connectivity index (χ1v) is 6.13. The van der Waals surface area contributed by atoms with Crippen LogP contribution in [0.25, 0.3) is 6.08 Å². The number of alkyl halides is 1. The van der Waals surface area contributed by atoms with Gasteiger partial charge in [-0.05, 0) is 23.6 Å². The molecular formula is C11H15ClS. The number of rotatable bonds is 2. The van der Waals surface area contributed by atoms with Gasteiger partial charge in [-0.25, -0.2) is 0 Å². The van der Waals surface area contributed by atoms with Gasteiger partial charge in [0.15, 0.2) is 0 Å². The Morgan fingerprint density at radius 3 is 2.31 bits per heavy atom. The van der Waals surface area contributed by atoms with Crippen molar-refractivity contribution < 1.29 is 0 Å². The van der Waals surface area contributed by atoms with Gasteiger partial charge >= 0.3 is 0 Å². The molecule has 0 radical (unpaired) electrons.